The number of carbonyl (C=O) groups excluding carboxylic acids is 1. The number of methoxy groups -OCH3 is 1. The molecule has 3 nitrogen and oxygen atoms in total. The minimum atomic E-state index is -0.260. The van der Waals surface area contributed by atoms with Gasteiger partial charge in [-0.25, -0.2) is 4.39 Å². The summed E-state index contributed by atoms with van der Waals surface area (Å²) < 4.78 is 17.8. The van der Waals surface area contributed by atoms with Crippen molar-refractivity contribution in [3.63, 3.8) is 0 Å². The molecule has 86 valence electrons. The van der Waals surface area contributed by atoms with Gasteiger partial charge in [0, 0.05) is 25.2 Å². The number of esters is 1. The number of anilines is 1. The van der Waals surface area contributed by atoms with Crippen LogP contribution in [0.5, 0.6) is 0 Å². The Labute approximate surface area is 93.8 Å². The number of likely N-dealkylation sites (N-methyl/N-ethyl adjacent to an activating group) is 1. The van der Waals surface area contributed by atoms with Crippen LogP contribution in [0.15, 0.2) is 18.2 Å². The van der Waals surface area contributed by atoms with Crippen molar-refractivity contribution in [1.29, 1.82) is 0 Å². The SMILES string of the molecule is COC(=O)CC1CN(C)c2ccc(F)cc21. The third-order valence-corrected chi connectivity index (χ3v) is 2.98. The van der Waals surface area contributed by atoms with E-state index >= 15 is 0 Å². The van der Waals surface area contributed by atoms with E-state index in [0.29, 0.717) is 6.42 Å². The molecule has 0 bridgehead atoms. The minimum absolute atomic E-state index is 0.0307. The van der Waals surface area contributed by atoms with Crippen molar-refractivity contribution in [1.82, 2.24) is 0 Å². The molecule has 0 saturated carbocycles. The first-order chi connectivity index (χ1) is 7.61. The molecule has 1 aromatic carbocycles. The maximum atomic E-state index is 13.1. The summed E-state index contributed by atoms with van der Waals surface area (Å²) in [5, 5.41) is 0. The van der Waals surface area contributed by atoms with E-state index in [1.54, 1.807) is 6.07 Å². The van der Waals surface area contributed by atoms with E-state index in [-0.39, 0.29) is 17.7 Å². The molecule has 0 fully saturated rings. The normalized spacial score (nSPS) is 18.4. The summed E-state index contributed by atoms with van der Waals surface area (Å²) in [5.74, 6) is -0.484. The maximum Gasteiger partial charge on any atom is 0.306 e. The van der Waals surface area contributed by atoms with Crippen LogP contribution in [-0.4, -0.2) is 26.7 Å². The number of benzene rings is 1. The highest BCUT2D eigenvalue weighted by Crippen LogP contribution is 2.37. The molecule has 0 saturated heterocycles. The second-order valence-electron chi connectivity index (χ2n) is 4.06. The van der Waals surface area contributed by atoms with Crippen LogP contribution in [0.25, 0.3) is 0 Å². The monoisotopic (exact) mass is 223 g/mol. The molecule has 1 heterocycles. The Morgan fingerprint density at radius 1 is 1.62 bits per heavy atom. The van der Waals surface area contributed by atoms with Crippen LogP contribution >= 0.6 is 0 Å². The van der Waals surface area contributed by atoms with Crippen LogP contribution in [-0.2, 0) is 9.53 Å². The minimum Gasteiger partial charge on any atom is -0.469 e. The maximum absolute atomic E-state index is 13.1. The summed E-state index contributed by atoms with van der Waals surface area (Å²) in [6.45, 7) is 0.730. The van der Waals surface area contributed by atoms with Crippen molar-refractivity contribution >= 4 is 11.7 Å². The van der Waals surface area contributed by atoms with Gasteiger partial charge in [0.15, 0.2) is 0 Å². The summed E-state index contributed by atoms with van der Waals surface area (Å²) in [6, 6.07) is 4.70. The molecule has 4 heteroatoms. The molecule has 0 aromatic heterocycles. The number of rotatable bonds is 2. The van der Waals surface area contributed by atoms with Gasteiger partial charge in [-0.05, 0) is 23.8 Å². The molecule has 0 spiro atoms. The third kappa shape index (κ3) is 1.87. The highest BCUT2D eigenvalue weighted by atomic mass is 19.1. The number of ether oxygens (including phenoxy) is 1. The van der Waals surface area contributed by atoms with Gasteiger partial charge >= 0.3 is 5.97 Å². The number of hydrogen-bond acceptors (Lipinski definition) is 3. The van der Waals surface area contributed by atoms with E-state index in [4.69, 9.17) is 0 Å². The number of halogens is 1. The molecule has 0 amide bonds. The van der Waals surface area contributed by atoms with E-state index < -0.39 is 0 Å². The van der Waals surface area contributed by atoms with E-state index in [1.165, 1.54) is 19.2 Å². The third-order valence-electron chi connectivity index (χ3n) is 2.98. The zero-order chi connectivity index (χ0) is 11.7. The van der Waals surface area contributed by atoms with Gasteiger partial charge in [-0.1, -0.05) is 0 Å². The summed E-state index contributed by atoms with van der Waals surface area (Å²) in [4.78, 5) is 13.3. The molecule has 1 aliphatic rings. The molecule has 16 heavy (non-hydrogen) atoms. The fourth-order valence-electron chi connectivity index (χ4n) is 2.19. The number of nitrogens with zero attached hydrogens (tertiary/aromatic N) is 1. The molecule has 1 atom stereocenters. The van der Waals surface area contributed by atoms with Gasteiger partial charge in [0.2, 0.25) is 0 Å². The first-order valence-electron chi connectivity index (χ1n) is 5.19. The van der Waals surface area contributed by atoms with E-state index in [0.717, 1.165) is 17.8 Å². The number of hydrogen-bond donors (Lipinski definition) is 0. The molecule has 1 aliphatic heterocycles. The lowest BCUT2D eigenvalue weighted by Crippen LogP contribution is -2.17. The summed E-state index contributed by atoms with van der Waals surface area (Å²) >= 11 is 0. The lowest BCUT2D eigenvalue weighted by molar-refractivity contribution is -0.140. The van der Waals surface area contributed by atoms with Gasteiger partial charge in [0.1, 0.15) is 5.82 Å². The average Bonchev–Trinajstić information content (AvgIpc) is 2.55. The quantitative estimate of drug-likeness (QED) is 0.717. The Hall–Kier alpha value is -1.58. The van der Waals surface area contributed by atoms with E-state index in [1.807, 2.05) is 11.9 Å². The van der Waals surface area contributed by atoms with Crippen LogP contribution in [0, 0.1) is 5.82 Å². The number of fused-ring (bicyclic) bond motifs is 1. The van der Waals surface area contributed by atoms with Crippen LogP contribution in [0.2, 0.25) is 0 Å². The Balaban J connectivity index is 2.27. The lowest BCUT2D eigenvalue weighted by atomic mass is 9.98. The first-order valence-corrected chi connectivity index (χ1v) is 5.19. The van der Waals surface area contributed by atoms with Crippen molar-refractivity contribution in [3.05, 3.63) is 29.6 Å². The first kappa shape index (κ1) is 10.9. The Morgan fingerprint density at radius 2 is 2.38 bits per heavy atom. The molecule has 2 rings (SSSR count). The Morgan fingerprint density at radius 3 is 3.06 bits per heavy atom. The van der Waals surface area contributed by atoms with Crippen molar-refractivity contribution < 1.29 is 13.9 Å². The standard InChI is InChI=1S/C12H14FNO2/c1-14-7-8(5-12(15)16-2)10-6-9(13)3-4-11(10)14/h3-4,6,8H,5,7H2,1-2H3. The van der Waals surface area contributed by atoms with Crippen molar-refractivity contribution in [2.24, 2.45) is 0 Å². The fraction of sp³-hybridized carbons (Fsp3) is 0.417. The molecule has 1 aromatic rings. The van der Waals surface area contributed by atoms with Crippen LogP contribution in [0.3, 0.4) is 0 Å². The zero-order valence-electron chi connectivity index (χ0n) is 9.37. The van der Waals surface area contributed by atoms with Gasteiger partial charge in [-0.15, -0.1) is 0 Å². The fourth-order valence-corrected chi connectivity index (χ4v) is 2.19. The van der Waals surface area contributed by atoms with Gasteiger partial charge in [0.25, 0.3) is 0 Å². The van der Waals surface area contributed by atoms with Crippen molar-refractivity contribution in [2.75, 3.05) is 25.6 Å². The molecule has 1 unspecified atom stereocenters. The average molecular weight is 223 g/mol. The predicted molar refractivity (Wildman–Crippen MR) is 59.0 cm³/mol. The topological polar surface area (TPSA) is 29.5 Å². The van der Waals surface area contributed by atoms with Gasteiger partial charge < -0.3 is 9.64 Å². The zero-order valence-corrected chi connectivity index (χ0v) is 9.37. The van der Waals surface area contributed by atoms with Crippen LogP contribution in [0.4, 0.5) is 10.1 Å². The number of carbonyl (C=O) groups is 1. The highest BCUT2D eigenvalue weighted by Gasteiger charge is 2.28. The predicted octanol–water partition coefficient (Wildman–Crippen LogP) is 1.92. The van der Waals surface area contributed by atoms with Crippen molar-refractivity contribution in [3.8, 4) is 0 Å². The van der Waals surface area contributed by atoms with Crippen molar-refractivity contribution in [2.45, 2.75) is 12.3 Å². The highest BCUT2D eigenvalue weighted by molar-refractivity contribution is 5.72. The summed E-state index contributed by atoms with van der Waals surface area (Å²) in [5.41, 5.74) is 1.89. The largest absolute Gasteiger partial charge is 0.469 e. The van der Waals surface area contributed by atoms with Crippen LogP contribution < -0.4 is 4.90 Å². The molecule has 0 radical (unpaired) electrons. The second kappa shape index (κ2) is 4.12. The Kier molecular flexibility index (Phi) is 2.81. The molecule has 0 N–H and O–H groups in total. The Bertz CT molecular complexity index is 419. The van der Waals surface area contributed by atoms with Gasteiger partial charge in [0.05, 0.1) is 13.5 Å². The van der Waals surface area contributed by atoms with Gasteiger partial charge in [-0.3, -0.25) is 4.79 Å². The summed E-state index contributed by atoms with van der Waals surface area (Å²) in [6.07, 6.45) is 0.303. The summed E-state index contributed by atoms with van der Waals surface area (Å²) in [7, 11) is 3.31. The van der Waals surface area contributed by atoms with E-state index in [9.17, 15) is 9.18 Å². The second-order valence-corrected chi connectivity index (χ2v) is 4.06. The smallest absolute Gasteiger partial charge is 0.306 e. The molecule has 0 aliphatic carbocycles. The molecular weight excluding hydrogens is 209 g/mol. The van der Waals surface area contributed by atoms with E-state index in [2.05, 4.69) is 4.74 Å². The molecular formula is C12H14FNO2. The lowest BCUT2D eigenvalue weighted by Gasteiger charge is -2.11. The van der Waals surface area contributed by atoms with Crippen LogP contribution in [0.1, 0.15) is 17.9 Å². The van der Waals surface area contributed by atoms with Gasteiger partial charge in [-0.2, -0.15) is 0 Å².